The molecule has 1 unspecified atom stereocenters. The third-order valence-corrected chi connectivity index (χ3v) is 5.24. The van der Waals surface area contributed by atoms with Crippen LogP contribution < -0.4 is 4.90 Å². The summed E-state index contributed by atoms with van der Waals surface area (Å²) in [4.78, 5) is 25.3. The van der Waals surface area contributed by atoms with Crippen molar-refractivity contribution in [1.29, 1.82) is 0 Å². The number of hydrogen-bond acceptors (Lipinski definition) is 5. The lowest BCUT2D eigenvalue weighted by molar-refractivity contribution is 0.0985. The Hall–Kier alpha value is -3.03. The van der Waals surface area contributed by atoms with Crippen LogP contribution in [0, 0.1) is 5.82 Å². The fourth-order valence-corrected chi connectivity index (χ4v) is 4.00. The summed E-state index contributed by atoms with van der Waals surface area (Å²) in [6.07, 6.45) is 4.84. The summed E-state index contributed by atoms with van der Waals surface area (Å²) in [5, 5.41) is 5.95. The van der Waals surface area contributed by atoms with Crippen LogP contribution in [-0.4, -0.2) is 57.3 Å². The molecule has 0 aliphatic carbocycles. The van der Waals surface area contributed by atoms with E-state index in [9.17, 15) is 9.18 Å². The molecule has 2 amide bonds. The number of piperazine rings is 1. The van der Waals surface area contributed by atoms with Crippen molar-refractivity contribution in [2.75, 3.05) is 18.0 Å². The fourth-order valence-electron chi connectivity index (χ4n) is 4.00. The quantitative estimate of drug-likeness (QED) is 0.801. The van der Waals surface area contributed by atoms with E-state index in [1.165, 1.54) is 12.4 Å². The zero-order valence-electron chi connectivity index (χ0n) is 15.9. The minimum Gasteiger partial charge on any atom is -0.337 e. The number of amides is 2. The van der Waals surface area contributed by atoms with Crippen molar-refractivity contribution < 1.29 is 9.18 Å². The molecule has 0 spiro atoms. The molecule has 3 heterocycles. The van der Waals surface area contributed by atoms with Gasteiger partial charge in [0, 0.05) is 37.8 Å². The third-order valence-electron chi connectivity index (χ3n) is 5.24. The van der Waals surface area contributed by atoms with Crippen molar-refractivity contribution in [2.24, 2.45) is 5.10 Å². The molecule has 1 aromatic heterocycles. The maximum Gasteiger partial charge on any atom is 0.341 e. The third kappa shape index (κ3) is 3.42. The van der Waals surface area contributed by atoms with Crippen molar-refractivity contribution in [3.05, 3.63) is 54.1 Å². The molecule has 1 aromatic carbocycles. The van der Waals surface area contributed by atoms with Crippen molar-refractivity contribution in [3.8, 4) is 0 Å². The molecule has 0 radical (unpaired) electrons. The first-order chi connectivity index (χ1) is 13.5. The number of carbonyl (C=O) groups excluding carboxylic acids is 1. The van der Waals surface area contributed by atoms with Crippen LogP contribution in [0.2, 0.25) is 0 Å². The number of rotatable bonds is 2. The molecule has 2 aliphatic heterocycles. The first-order valence-electron chi connectivity index (χ1n) is 9.46. The topological polar surface area (TPSA) is 64.9 Å². The van der Waals surface area contributed by atoms with Gasteiger partial charge in [0.15, 0.2) is 5.82 Å². The van der Waals surface area contributed by atoms with Crippen LogP contribution in [0.5, 0.6) is 0 Å². The van der Waals surface area contributed by atoms with Gasteiger partial charge in [-0.05, 0) is 19.4 Å². The summed E-state index contributed by atoms with van der Waals surface area (Å²) in [6.45, 7) is 5.16. The number of anilines is 1. The predicted molar refractivity (Wildman–Crippen MR) is 104 cm³/mol. The molecule has 4 rings (SSSR count). The first-order valence-corrected chi connectivity index (χ1v) is 9.46. The smallest absolute Gasteiger partial charge is 0.337 e. The number of hydrazone groups is 1. The van der Waals surface area contributed by atoms with Gasteiger partial charge in [0.25, 0.3) is 0 Å². The predicted octanol–water partition coefficient (Wildman–Crippen LogP) is 3.07. The Kier molecular flexibility index (Phi) is 4.93. The van der Waals surface area contributed by atoms with Crippen molar-refractivity contribution in [1.82, 2.24) is 19.9 Å². The second kappa shape index (κ2) is 7.53. The Bertz CT molecular complexity index is 847. The molecule has 2 aromatic rings. The van der Waals surface area contributed by atoms with E-state index in [4.69, 9.17) is 0 Å². The molecular weight excluding hydrogens is 359 g/mol. The normalized spacial score (nSPS) is 24.7. The van der Waals surface area contributed by atoms with E-state index in [1.807, 2.05) is 54.0 Å². The summed E-state index contributed by atoms with van der Waals surface area (Å²) < 4.78 is 13.1. The second-order valence-corrected chi connectivity index (χ2v) is 7.30. The van der Waals surface area contributed by atoms with Gasteiger partial charge in [0.1, 0.15) is 0 Å². The zero-order valence-corrected chi connectivity index (χ0v) is 15.9. The summed E-state index contributed by atoms with van der Waals surface area (Å²) >= 11 is 0. The lowest BCUT2D eigenvalue weighted by Crippen LogP contribution is -2.61. The van der Waals surface area contributed by atoms with Gasteiger partial charge >= 0.3 is 6.03 Å². The van der Waals surface area contributed by atoms with Crippen LogP contribution >= 0.6 is 0 Å². The highest BCUT2D eigenvalue weighted by molar-refractivity contribution is 5.79. The van der Waals surface area contributed by atoms with Crippen LogP contribution in [-0.2, 0) is 0 Å². The largest absolute Gasteiger partial charge is 0.341 e. The van der Waals surface area contributed by atoms with Crippen LogP contribution in [0.25, 0.3) is 0 Å². The number of benzene rings is 1. The highest BCUT2D eigenvalue weighted by atomic mass is 19.1. The van der Waals surface area contributed by atoms with E-state index in [0.29, 0.717) is 25.5 Å². The van der Waals surface area contributed by atoms with Gasteiger partial charge < -0.3 is 9.80 Å². The van der Waals surface area contributed by atoms with Crippen molar-refractivity contribution >= 4 is 18.2 Å². The summed E-state index contributed by atoms with van der Waals surface area (Å²) in [7, 11) is 0. The second-order valence-electron chi connectivity index (χ2n) is 7.30. The van der Waals surface area contributed by atoms with Crippen LogP contribution in [0.1, 0.15) is 31.9 Å². The number of nitrogens with zero attached hydrogens (tertiary/aromatic N) is 6. The Morgan fingerprint density at radius 3 is 2.36 bits per heavy atom. The molecule has 7 nitrogen and oxygen atoms in total. The number of carbonyl (C=O) groups is 1. The van der Waals surface area contributed by atoms with Crippen LogP contribution in [0.15, 0.2) is 47.8 Å². The molecule has 2 aliphatic rings. The number of urea groups is 1. The average Bonchev–Trinajstić information content (AvgIpc) is 3.18. The van der Waals surface area contributed by atoms with Gasteiger partial charge in [0.05, 0.1) is 18.4 Å². The molecule has 3 atom stereocenters. The van der Waals surface area contributed by atoms with Gasteiger partial charge in [-0.3, -0.25) is 0 Å². The van der Waals surface area contributed by atoms with E-state index >= 15 is 0 Å². The minimum absolute atomic E-state index is 0.0582. The molecule has 8 heteroatoms. The molecule has 1 saturated heterocycles. The lowest BCUT2D eigenvalue weighted by Gasteiger charge is -2.45. The molecule has 146 valence electrons. The van der Waals surface area contributed by atoms with Gasteiger partial charge in [-0.1, -0.05) is 30.3 Å². The highest BCUT2D eigenvalue weighted by Gasteiger charge is 2.39. The van der Waals surface area contributed by atoms with Gasteiger partial charge in [0.2, 0.25) is 5.95 Å². The monoisotopic (exact) mass is 382 g/mol. The Balaban J connectivity index is 1.50. The molecule has 0 N–H and O–H groups in total. The highest BCUT2D eigenvalue weighted by Crippen LogP contribution is 2.31. The van der Waals surface area contributed by atoms with E-state index in [0.717, 1.165) is 5.56 Å². The maximum atomic E-state index is 13.3. The molecule has 0 bridgehead atoms. The van der Waals surface area contributed by atoms with E-state index in [1.54, 1.807) is 11.2 Å². The number of halogens is 1. The summed E-state index contributed by atoms with van der Waals surface area (Å²) in [5.41, 5.74) is 1.08. The van der Waals surface area contributed by atoms with Crippen LogP contribution in [0.3, 0.4) is 0 Å². The Labute approximate surface area is 163 Å². The maximum absolute atomic E-state index is 13.3. The van der Waals surface area contributed by atoms with Gasteiger partial charge in [-0.2, -0.15) is 5.10 Å². The minimum atomic E-state index is -0.461. The zero-order chi connectivity index (χ0) is 19.7. The van der Waals surface area contributed by atoms with E-state index in [2.05, 4.69) is 15.1 Å². The SMILES string of the molecule is C[C@@H]1CN(c2ncc(F)cn2)C[C@@H](C)N1C(=O)N1N=CCC1c1ccccc1. The number of hydrogen-bond donors (Lipinski definition) is 0. The molecule has 28 heavy (non-hydrogen) atoms. The van der Waals surface area contributed by atoms with Gasteiger partial charge in [-0.15, -0.1) is 0 Å². The lowest BCUT2D eigenvalue weighted by atomic mass is 10.0. The van der Waals surface area contributed by atoms with Crippen molar-refractivity contribution in [2.45, 2.75) is 38.4 Å². The van der Waals surface area contributed by atoms with Crippen LogP contribution in [0.4, 0.5) is 15.1 Å². The molecule has 1 fully saturated rings. The number of aromatic nitrogens is 2. The summed E-state index contributed by atoms with van der Waals surface area (Å²) in [6, 6.07) is 9.67. The van der Waals surface area contributed by atoms with Crippen molar-refractivity contribution in [3.63, 3.8) is 0 Å². The van der Waals surface area contributed by atoms with E-state index < -0.39 is 5.82 Å². The fraction of sp³-hybridized carbons (Fsp3) is 0.400. The summed E-state index contributed by atoms with van der Waals surface area (Å²) in [5.74, 6) is 0.0195. The van der Waals surface area contributed by atoms with Gasteiger partial charge in [-0.25, -0.2) is 24.2 Å². The molecular formula is C20H23FN6O. The Morgan fingerprint density at radius 1 is 1.07 bits per heavy atom. The Morgan fingerprint density at radius 2 is 1.71 bits per heavy atom. The standard InChI is InChI=1S/C20H23FN6O/c1-14-12-25(19-22-10-17(21)11-23-19)13-15(2)26(14)20(28)27-18(8-9-24-27)16-6-4-3-5-7-16/h3-7,9-11,14-15,18H,8,12-13H2,1-2H3/t14-,15-,18?/m1/s1. The first kappa shape index (κ1) is 18.3. The molecule has 0 saturated carbocycles. The van der Waals surface area contributed by atoms with E-state index in [-0.39, 0.29) is 24.2 Å². The average molecular weight is 382 g/mol.